The first-order chi connectivity index (χ1) is 14.9. The lowest BCUT2D eigenvalue weighted by atomic mass is 10.1. The third kappa shape index (κ3) is 4.11. The minimum absolute atomic E-state index is 0. The van der Waals surface area contributed by atoms with Crippen LogP contribution in [0.1, 0.15) is 5.56 Å². The number of hydrogen-bond donors (Lipinski definition) is 1. The van der Waals surface area contributed by atoms with Crippen molar-refractivity contribution in [1.29, 1.82) is 0 Å². The number of aryl methyl sites for hydroxylation is 1. The molecule has 0 spiro atoms. The molecule has 1 aromatic heterocycles. The zero-order valence-electron chi connectivity index (χ0n) is 17.3. The summed E-state index contributed by atoms with van der Waals surface area (Å²) in [5.74, 6) is 0. The maximum Gasteiger partial charge on any atom is 0.112 e. The molecule has 1 N–H and O–H groups in total. The Kier molecular flexibility index (Phi) is 6.70. The normalized spacial score (nSPS) is 11.2. The van der Waals surface area contributed by atoms with E-state index in [0.29, 0.717) is 0 Å². The van der Waals surface area contributed by atoms with E-state index in [1.54, 1.807) is 0 Å². The molecule has 0 saturated carbocycles. The molecular weight excluding hydrogens is 461 g/mol. The Morgan fingerprint density at radius 1 is 0.548 bits per heavy atom. The van der Waals surface area contributed by atoms with Gasteiger partial charge in [0.05, 0.1) is 6.16 Å². The summed E-state index contributed by atoms with van der Waals surface area (Å²) in [5, 5.41) is 5.68. The molecule has 3 heteroatoms. The highest BCUT2D eigenvalue weighted by molar-refractivity contribution is 7.95. The molecule has 0 amide bonds. The second-order valence-electron chi connectivity index (χ2n) is 7.65. The van der Waals surface area contributed by atoms with Crippen LogP contribution >= 0.6 is 7.26 Å². The average Bonchev–Trinajstić information content (AvgIpc) is 3.25. The molecule has 0 aliphatic heterocycles. The molecule has 4 aromatic carbocycles. The fourth-order valence-electron chi connectivity index (χ4n) is 4.51. The molecular formula is C28H25BrNP. The monoisotopic (exact) mass is 485 g/mol. The average molecular weight is 486 g/mol. The number of benzene rings is 4. The van der Waals surface area contributed by atoms with Crippen LogP contribution in [-0.2, 0) is 6.42 Å². The lowest BCUT2D eigenvalue weighted by Gasteiger charge is -2.27. The van der Waals surface area contributed by atoms with Gasteiger partial charge in [0.25, 0.3) is 0 Å². The molecule has 0 radical (unpaired) electrons. The topological polar surface area (TPSA) is 15.8 Å². The van der Waals surface area contributed by atoms with Gasteiger partial charge in [0.2, 0.25) is 0 Å². The minimum Gasteiger partial charge on any atom is -1.00 e. The van der Waals surface area contributed by atoms with E-state index in [1.165, 1.54) is 32.4 Å². The van der Waals surface area contributed by atoms with Gasteiger partial charge < -0.3 is 22.0 Å². The molecule has 5 rings (SSSR count). The van der Waals surface area contributed by atoms with Crippen molar-refractivity contribution in [3.63, 3.8) is 0 Å². The molecule has 0 aliphatic carbocycles. The van der Waals surface area contributed by atoms with E-state index in [2.05, 4.69) is 126 Å². The molecule has 5 aromatic rings. The molecule has 154 valence electrons. The summed E-state index contributed by atoms with van der Waals surface area (Å²) in [6.45, 7) is 0. The van der Waals surface area contributed by atoms with Crippen LogP contribution in [0, 0.1) is 0 Å². The van der Waals surface area contributed by atoms with Crippen LogP contribution in [0.15, 0.2) is 121 Å². The van der Waals surface area contributed by atoms with Crippen molar-refractivity contribution in [3.8, 4) is 0 Å². The molecule has 0 bridgehead atoms. The summed E-state index contributed by atoms with van der Waals surface area (Å²) in [7, 11) is -1.79. The molecule has 1 heterocycles. The van der Waals surface area contributed by atoms with Crippen molar-refractivity contribution in [2.45, 2.75) is 6.42 Å². The number of fused-ring (bicyclic) bond motifs is 1. The Bertz CT molecular complexity index is 1140. The quantitative estimate of drug-likeness (QED) is 0.356. The van der Waals surface area contributed by atoms with Gasteiger partial charge in [-0.05, 0) is 48.0 Å². The fourth-order valence-corrected chi connectivity index (χ4v) is 8.80. The number of aromatic nitrogens is 1. The second-order valence-corrected chi connectivity index (χ2v) is 11.3. The van der Waals surface area contributed by atoms with E-state index in [4.69, 9.17) is 0 Å². The van der Waals surface area contributed by atoms with E-state index >= 15 is 0 Å². The maximum atomic E-state index is 3.46. The lowest BCUT2D eigenvalue weighted by Crippen LogP contribution is -3.00. The van der Waals surface area contributed by atoms with Crippen molar-refractivity contribution in [3.05, 3.63) is 127 Å². The lowest BCUT2D eigenvalue weighted by molar-refractivity contribution is -0.00000578. The van der Waals surface area contributed by atoms with Gasteiger partial charge in [-0.15, -0.1) is 0 Å². The third-order valence-electron chi connectivity index (χ3n) is 5.98. The van der Waals surface area contributed by atoms with Gasteiger partial charge in [-0.25, -0.2) is 0 Å². The molecule has 0 fully saturated rings. The second kappa shape index (κ2) is 9.64. The van der Waals surface area contributed by atoms with Crippen LogP contribution in [0.4, 0.5) is 0 Å². The predicted octanol–water partition coefficient (Wildman–Crippen LogP) is 2.71. The largest absolute Gasteiger partial charge is 1.00 e. The van der Waals surface area contributed by atoms with E-state index in [-0.39, 0.29) is 17.0 Å². The Hall–Kier alpha value is -2.67. The highest BCUT2D eigenvalue weighted by atomic mass is 79.9. The molecule has 0 aliphatic rings. The van der Waals surface area contributed by atoms with Crippen LogP contribution in [0.3, 0.4) is 0 Å². The Balaban J connectivity index is 0.00000231. The van der Waals surface area contributed by atoms with Gasteiger partial charge in [0, 0.05) is 23.5 Å². The number of aromatic amines is 1. The number of nitrogens with one attached hydrogen (secondary N) is 1. The number of para-hydroxylation sites is 1. The number of H-pyrrole nitrogens is 1. The first-order valence-corrected chi connectivity index (χ1v) is 12.5. The van der Waals surface area contributed by atoms with Gasteiger partial charge in [-0.1, -0.05) is 72.8 Å². The summed E-state index contributed by atoms with van der Waals surface area (Å²) in [5.41, 5.74) is 2.62. The predicted molar refractivity (Wildman–Crippen MR) is 132 cm³/mol. The number of hydrogen-bond acceptors (Lipinski definition) is 0. The smallest absolute Gasteiger partial charge is 0.112 e. The van der Waals surface area contributed by atoms with E-state index < -0.39 is 7.26 Å². The highest BCUT2D eigenvalue weighted by Crippen LogP contribution is 2.55. The molecule has 0 saturated heterocycles. The summed E-state index contributed by atoms with van der Waals surface area (Å²) < 4.78 is 0. The van der Waals surface area contributed by atoms with Gasteiger partial charge in [-0.2, -0.15) is 0 Å². The summed E-state index contributed by atoms with van der Waals surface area (Å²) in [4.78, 5) is 3.46. The number of halogens is 1. The molecule has 0 atom stereocenters. The van der Waals surface area contributed by atoms with Gasteiger partial charge >= 0.3 is 0 Å². The van der Waals surface area contributed by atoms with Crippen molar-refractivity contribution >= 4 is 34.1 Å². The summed E-state index contributed by atoms with van der Waals surface area (Å²) >= 11 is 0. The maximum absolute atomic E-state index is 3.46. The van der Waals surface area contributed by atoms with Gasteiger partial charge in [0.15, 0.2) is 0 Å². The first kappa shape index (κ1) is 21.6. The molecule has 1 nitrogen and oxygen atoms in total. The van der Waals surface area contributed by atoms with Gasteiger partial charge in [-0.3, -0.25) is 0 Å². The number of rotatable bonds is 6. The van der Waals surface area contributed by atoms with E-state index in [9.17, 15) is 0 Å². The zero-order chi connectivity index (χ0) is 20.2. The fraction of sp³-hybridized carbons (Fsp3) is 0.0714. The molecule has 0 unspecified atom stereocenters. The van der Waals surface area contributed by atoms with Gasteiger partial charge in [0.1, 0.15) is 23.2 Å². The highest BCUT2D eigenvalue weighted by Gasteiger charge is 2.44. The Morgan fingerprint density at radius 3 is 1.52 bits per heavy atom. The van der Waals surface area contributed by atoms with Crippen molar-refractivity contribution in [2.24, 2.45) is 0 Å². The summed E-state index contributed by atoms with van der Waals surface area (Å²) in [6, 6.07) is 42.0. The molecule has 31 heavy (non-hydrogen) atoms. The van der Waals surface area contributed by atoms with Crippen molar-refractivity contribution in [1.82, 2.24) is 4.98 Å². The van der Waals surface area contributed by atoms with Crippen LogP contribution in [-0.4, -0.2) is 11.1 Å². The Morgan fingerprint density at radius 2 is 1.00 bits per heavy atom. The third-order valence-corrected chi connectivity index (χ3v) is 10.4. The Labute approximate surface area is 195 Å². The van der Waals surface area contributed by atoms with Crippen molar-refractivity contribution < 1.29 is 17.0 Å². The van der Waals surface area contributed by atoms with E-state index in [0.717, 1.165) is 12.6 Å². The van der Waals surface area contributed by atoms with E-state index in [1.807, 2.05) is 0 Å². The van der Waals surface area contributed by atoms with Crippen LogP contribution in [0.25, 0.3) is 10.9 Å². The van der Waals surface area contributed by atoms with Crippen LogP contribution in [0.5, 0.6) is 0 Å². The summed E-state index contributed by atoms with van der Waals surface area (Å²) in [6.07, 6.45) is 4.34. The standard InChI is InChI=1S/C28H25NP.BrH/c1-4-12-24(13-5-1)30(25-14-6-2-7-15-25,26-16-8-3-9-17-26)21-20-23-22-29-28-19-11-10-18-27(23)28;/h1-19,22,29H,20-21H2;1H/q+1;/p-1. The first-order valence-electron chi connectivity index (χ1n) is 10.5. The van der Waals surface area contributed by atoms with Crippen molar-refractivity contribution in [2.75, 3.05) is 6.16 Å². The van der Waals surface area contributed by atoms with Crippen LogP contribution in [0.2, 0.25) is 0 Å². The SMILES string of the molecule is [Br-].c1ccc([P+](CCc2c[nH]c3ccccc23)(c2ccccc2)c2ccccc2)cc1. The zero-order valence-corrected chi connectivity index (χ0v) is 19.8. The van der Waals surface area contributed by atoms with Crippen LogP contribution < -0.4 is 32.9 Å². The minimum atomic E-state index is -1.79.